The molecule has 0 atom stereocenters. The van der Waals surface area contributed by atoms with Crippen LogP contribution in [0, 0.1) is 0 Å². The number of hydrogen-bond donors (Lipinski definition) is 2. The van der Waals surface area contributed by atoms with Crippen molar-refractivity contribution in [3.05, 3.63) is 24.0 Å². The molecule has 0 bridgehead atoms. The number of aliphatic hydroxyl groups is 1. The van der Waals surface area contributed by atoms with Crippen LogP contribution in [-0.4, -0.2) is 21.3 Å². The first kappa shape index (κ1) is 12.9. The number of benzene rings is 1. The standard InChI is InChI=1S/C14H21N3O/c1-9(2)17-12-7-10(15)5-6-11(12)16-13(17)14(3,4)8-18/h5-7,9,18H,8,15H2,1-4H3. The fraction of sp³-hybridized carbons (Fsp3) is 0.500. The van der Waals surface area contributed by atoms with Crippen LogP contribution in [0.2, 0.25) is 0 Å². The van der Waals surface area contributed by atoms with E-state index in [1.54, 1.807) is 0 Å². The van der Waals surface area contributed by atoms with Gasteiger partial charge in [-0.25, -0.2) is 4.98 Å². The second-order valence-corrected chi connectivity index (χ2v) is 5.69. The zero-order valence-electron chi connectivity index (χ0n) is 11.4. The van der Waals surface area contributed by atoms with Crippen LogP contribution in [-0.2, 0) is 5.41 Å². The molecule has 2 aromatic rings. The molecular weight excluding hydrogens is 226 g/mol. The van der Waals surface area contributed by atoms with Gasteiger partial charge < -0.3 is 15.4 Å². The van der Waals surface area contributed by atoms with Gasteiger partial charge in [-0.3, -0.25) is 0 Å². The van der Waals surface area contributed by atoms with Crippen molar-refractivity contribution < 1.29 is 5.11 Å². The molecule has 0 aliphatic rings. The van der Waals surface area contributed by atoms with Gasteiger partial charge in [-0.1, -0.05) is 13.8 Å². The summed E-state index contributed by atoms with van der Waals surface area (Å²) in [6.07, 6.45) is 0. The van der Waals surface area contributed by atoms with Gasteiger partial charge in [-0.2, -0.15) is 0 Å². The fourth-order valence-corrected chi connectivity index (χ4v) is 2.18. The summed E-state index contributed by atoms with van der Waals surface area (Å²) in [7, 11) is 0. The van der Waals surface area contributed by atoms with E-state index in [2.05, 4.69) is 23.4 Å². The Kier molecular flexibility index (Phi) is 3.07. The summed E-state index contributed by atoms with van der Waals surface area (Å²) in [6, 6.07) is 6.01. The van der Waals surface area contributed by atoms with Crippen molar-refractivity contribution in [3.8, 4) is 0 Å². The summed E-state index contributed by atoms with van der Waals surface area (Å²) in [5, 5.41) is 9.56. The molecule has 1 heterocycles. The predicted octanol–water partition coefficient (Wildman–Crippen LogP) is 2.47. The van der Waals surface area contributed by atoms with Crippen LogP contribution in [0.5, 0.6) is 0 Å². The highest BCUT2D eigenvalue weighted by Crippen LogP contribution is 2.30. The Morgan fingerprint density at radius 1 is 1.39 bits per heavy atom. The van der Waals surface area contributed by atoms with Crippen LogP contribution in [0.1, 0.15) is 39.6 Å². The lowest BCUT2D eigenvalue weighted by molar-refractivity contribution is 0.207. The van der Waals surface area contributed by atoms with Crippen molar-refractivity contribution >= 4 is 16.7 Å². The lowest BCUT2D eigenvalue weighted by atomic mass is 9.93. The number of aromatic nitrogens is 2. The van der Waals surface area contributed by atoms with Crippen molar-refractivity contribution in [2.24, 2.45) is 0 Å². The summed E-state index contributed by atoms with van der Waals surface area (Å²) < 4.78 is 2.15. The van der Waals surface area contributed by atoms with E-state index >= 15 is 0 Å². The van der Waals surface area contributed by atoms with Gasteiger partial charge in [0.1, 0.15) is 5.82 Å². The van der Waals surface area contributed by atoms with Crippen LogP contribution < -0.4 is 5.73 Å². The normalized spacial score (nSPS) is 12.6. The number of rotatable bonds is 3. The molecule has 0 unspecified atom stereocenters. The van der Waals surface area contributed by atoms with Gasteiger partial charge in [0.25, 0.3) is 0 Å². The highest BCUT2D eigenvalue weighted by atomic mass is 16.3. The fourth-order valence-electron chi connectivity index (χ4n) is 2.18. The molecule has 1 aromatic carbocycles. The number of aliphatic hydroxyl groups excluding tert-OH is 1. The molecule has 0 saturated heterocycles. The minimum Gasteiger partial charge on any atom is -0.399 e. The Labute approximate surface area is 107 Å². The van der Waals surface area contributed by atoms with Crippen molar-refractivity contribution in [2.45, 2.75) is 39.2 Å². The molecule has 1 aromatic heterocycles. The number of nitrogen functional groups attached to an aromatic ring is 1. The molecule has 0 spiro atoms. The number of imidazole rings is 1. The van der Waals surface area contributed by atoms with Crippen molar-refractivity contribution in [1.82, 2.24) is 9.55 Å². The zero-order chi connectivity index (χ0) is 13.5. The molecule has 0 aliphatic carbocycles. The largest absolute Gasteiger partial charge is 0.399 e. The van der Waals surface area contributed by atoms with Crippen LogP contribution in [0.4, 0.5) is 5.69 Å². The first-order valence-electron chi connectivity index (χ1n) is 6.25. The van der Waals surface area contributed by atoms with Gasteiger partial charge in [0.15, 0.2) is 0 Å². The molecule has 4 heteroatoms. The zero-order valence-corrected chi connectivity index (χ0v) is 11.4. The van der Waals surface area contributed by atoms with Crippen molar-refractivity contribution in [2.75, 3.05) is 12.3 Å². The van der Waals surface area contributed by atoms with E-state index in [1.165, 1.54) is 0 Å². The molecule has 2 rings (SSSR count). The van der Waals surface area contributed by atoms with E-state index in [-0.39, 0.29) is 18.1 Å². The molecule has 0 aliphatic heterocycles. The SMILES string of the molecule is CC(C)n1c(C(C)(C)CO)nc2ccc(N)cc21. The minimum atomic E-state index is -0.363. The maximum Gasteiger partial charge on any atom is 0.118 e. The average molecular weight is 247 g/mol. The van der Waals surface area contributed by atoms with Gasteiger partial charge in [0.05, 0.1) is 17.6 Å². The molecular formula is C14H21N3O. The Morgan fingerprint density at radius 3 is 2.61 bits per heavy atom. The highest BCUT2D eigenvalue weighted by Gasteiger charge is 2.28. The second-order valence-electron chi connectivity index (χ2n) is 5.69. The first-order valence-corrected chi connectivity index (χ1v) is 6.25. The third-order valence-electron chi connectivity index (χ3n) is 3.23. The molecule has 98 valence electrons. The third kappa shape index (κ3) is 1.97. The van der Waals surface area contributed by atoms with E-state index in [4.69, 9.17) is 5.73 Å². The minimum absolute atomic E-state index is 0.0680. The smallest absolute Gasteiger partial charge is 0.118 e. The number of nitrogens with zero attached hydrogens (tertiary/aromatic N) is 2. The Bertz CT molecular complexity index is 570. The summed E-state index contributed by atoms with van der Waals surface area (Å²) >= 11 is 0. The molecule has 18 heavy (non-hydrogen) atoms. The topological polar surface area (TPSA) is 64.1 Å². The first-order chi connectivity index (χ1) is 8.36. The molecule has 0 fully saturated rings. The van der Waals surface area contributed by atoms with Gasteiger partial charge >= 0.3 is 0 Å². The van der Waals surface area contributed by atoms with E-state index in [9.17, 15) is 5.11 Å². The Morgan fingerprint density at radius 2 is 2.06 bits per heavy atom. The Balaban J connectivity index is 2.78. The highest BCUT2D eigenvalue weighted by molar-refractivity contribution is 5.80. The van der Waals surface area contributed by atoms with E-state index < -0.39 is 0 Å². The lowest BCUT2D eigenvalue weighted by Crippen LogP contribution is -2.27. The summed E-state index contributed by atoms with van der Waals surface area (Å²) in [5.41, 5.74) is 8.18. The van der Waals surface area contributed by atoms with Crippen LogP contribution in [0.15, 0.2) is 18.2 Å². The maximum atomic E-state index is 9.56. The van der Waals surface area contributed by atoms with Gasteiger partial charge in [-0.15, -0.1) is 0 Å². The van der Waals surface area contributed by atoms with Crippen LogP contribution in [0.25, 0.3) is 11.0 Å². The van der Waals surface area contributed by atoms with E-state index in [0.29, 0.717) is 0 Å². The Hall–Kier alpha value is -1.55. The third-order valence-corrected chi connectivity index (χ3v) is 3.23. The molecule has 0 radical (unpaired) electrons. The summed E-state index contributed by atoms with van der Waals surface area (Å²) in [4.78, 5) is 4.66. The van der Waals surface area contributed by atoms with Crippen LogP contribution in [0.3, 0.4) is 0 Å². The molecule has 0 amide bonds. The number of nitrogens with two attached hydrogens (primary N) is 1. The summed E-state index contributed by atoms with van der Waals surface area (Å²) in [6.45, 7) is 8.29. The van der Waals surface area contributed by atoms with Gasteiger partial charge in [-0.05, 0) is 32.0 Å². The maximum absolute atomic E-state index is 9.56. The summed E-state index contributed by atoms with van der Waals surface area (Å²) in [5.74, 6) is 0.903. The number of hydrogen-bond acceptors (Lipinski definition) is 3. The predicted molar refractivity (Wildman–Crippen MR) is 74.6 cm³/mol. The molecule has 4 nitrogen and oxygen atoms in total. The van der Waals surface area contributed by atoms with E-state index in [1.807, 2.05) is 32.0 Å². The van der Waals surface area contributed by atoms with Crippen LogP contribution >= 0.6 is 0 Å². The number of fused-ring (bicyclic) bond motifs is 1. The average Bonchev–Trinajstić information content (AvgIpc) is 2.68. The van der Waals surface area contributed by atoms with Gasteiger partial charge in [0.2, 0.25) is 0 Å². The van der Waals surface area contributed by atoms with Crippen molar-refractivity contribution in [3.63, 3.8) is 0 Å². The monoisotopic (exact) mass is 247 g/mol. The number of anilines is 1. The second kappa shape index (κ2) is 4.28. The van der Waals surface area contributed by atoms with Crippen molar-refractivity contribution in [1.29, 1.82) is 0 Å². The van der Waals surface area contributed by atoms with E-state index in [0.717, 1.165) is 22.5 Å². The molecule has 0 saturated carbocycles. The lowest BCUT2D eigenvalue weighted by Gasteiger charge is -2.24. The van der Waals surface area contributed by atoms with Gasteiger partial charge in [0, 0.05) is 17.1 Å². The molecule has 3 N–H and O–H groups in total. The quantitative estimate of drug-likeness (QED) is 0.819.